The van der Waals surface area contributed by atoms with Crippen molar-refractivity contribution in [3.05, 3.63) is 29.8 Å². The Morgan fingerprint density at radius 2 is 1.81 bits per heavy atom. The van der Waals surface area contributed by atoms with Crippen molar-refractivity contribution in [2.24, 2.45) is 5.92 Å². The zero-order valence-electron chi connectivity index (χ0n) is 11.9. The van der Waals surface area contributed by atoms with Crippen LogP contribution >= 0.6 is 0 Å². The van der Waals surface area contributed by atoms with Crippen LogP contribution in [-0.4, -0.2) is 25.5 Å². The van der Waals surface area contributed by atoms with E-state index in [-0.39, 0.29) is 11.8 Å². The molecule has 1 aliphatic rings. The normalized spacial score (nSPS) is 16.8. The van der Waals surface area contributed by atoms with Gasteiger partial charge in [0.05, 0.1) is 5.56 Å². The number of amides is 1. The molecule has 0 aliphatic carbocycles. The number of benzene rings is 1. The summed E-state index contributed by atoms with van der Waals surface area (Å²) in [5.41, 5.74) is -0.175. The number of carbonyl (C=O) groups excluding carboxylic acids is 1. The third-order valence-corrected chi connectivity index (χ3v) is 3.78. The molecule has 1 N–H and O–H groups in total. The van der Waals surface area contributed by atoms with Gasteiger partial charge in [-0.1, -0.05) is 0 Å². The number of halogens is 3. The fraction of sp³-hybridized carbons (Fsp3) is 0.533. The molecule has 1 fully saturated rings. The molecule has 116 valence electrons. The van der Waals surface area contributed by atoms with E-state index in [0.29, 0.717) is 12.2 Å². The van der Waals surface area contributed by atoms with E-state index in [1.807, 2.05) is 6.92 Å². The highest BCUT2D eigenvalue weighted by atomic mass is 19.4. The van der Waals surface area contributed by atoms with Gasteiger partial charge in [0, 0.05) is 18.2 Å². The summed E-state index contributed by atoms with van der Waals surface area (Å²) in [5, 5.41) is 3.19. The minimum absolute atomic E-state index is 0.00115. The van der Waals surface area contributed by atoms with Crippen molar-refractivity contribution in [2.45, 2.75) is 25.9 Å². The summed E-state index contributed by atoms with van der Waals surface area (Å²) < 4.78 is 37.7. The molecule has 2 rings (SSSR count). The molecule has 1 heterocycles. The second-order valence-corrected chi connectivity index (χ2v) is 5.15. The van der Waals surface area contributed by atoms with E-state index in [2.05, 4.69) is 5.32 Å². The summed E-state index contributed by atoms with van der Waals surface area (Å²) in [6.07, 6.45) is -2.81. The Hall–Kier alpha value is -1.56. The summed E-state index contributed by atoms with van der Waals surface area (Å²) in [5.74, 6) is -0.0488. The van der Waals surface area contributed by atoms with E-state index in [1.165, 1.54) is 12.1 Å². The van der Waals surface area contributed by atoms with Crippen molar-refractivity contribution < 1.29 is 18.0 Å². The van der Waals surface area contributed by atoms with Crippen molar-refractivity contribution in [2.75, 3.05) is 24.5 Å². The predicted octanol–water partition coefficient (Wildman–Crippen LogP) is 3.06. The number of hydrogen-bond donors (Lipinski definition) is 1. The summed E-state index contributed by atoms with van der Waals surface area (Å²) in [6.45, 7) is 3.90. The number of hydrogen-bond acceptors (Lipinski definition) is 2. The molecule has 21 heavy (non-hydrogen) atoms. The van der Waals surface area contributed by atoms with Gasteiger partial charge in [0.2, 0.25) is 5.91 Å². The Labute approximate surface area is 122 Å². The van der Waals surface area contributed by atoms with E-state index in [9.17, 15) is 18.0 Å². The van der Waals surface area contributed by atoms with Crippen LogP contribution in [-0.2, 0) is 11.0 Å². The van der Waals surface area contributed by atoms with E-state index >= 15 is 0 Å². The highest BCUT2D eigenvalue weighted by Gasteiger charge is 2.31. The summed E-state index contributed by atoms with van der Waals surface area (Å²) in [7, 11) is 0. The fourth-order valence-corrected chi connectivity index (χ4v) is 2.59. The van der Waals surface area contributed by atoms with E-state index < -0.39 is 11.7 Å². The molecule has 1 saturated heterocycles. The van der Waals surface area contributed by atoms with Crippen molar-refractivity contribution in [3.8, 4) is 0 Å². The average Bonchev–Trinajstić information content (AvgIpc) is 2.48. The van der Waals surface area contributed by atoms with Gasteiger partial charge in [0.25, 0.3) is 0 Å². The molecule has 1 amide bonds. The van der Waals surface area contributed by atoms with Gasteiger partial charge >= 0.3 is 6.18 Å². The lowest BCUT2D eigenvalue weighted by atomic mass is 9.96. The SMILES string of the molecule is CCN(C(=O)C1CCNCC1)c1ccc(C(F)(F)F)cc1. The van der Waals surface area contributed by atoms with Crippen LogP contribution in [0.2, 0.25) is 0 Å². The molecule has 1 aromatic carbocycles. The third kappa shape index (κ3) is 3.75. The van der Waals surface area contributed by atoms with E-state index in [4.69, 9.17) is 0 Å². The Kier molecular flexibility index (Phi) is 4.88. The number of alkyl halides is 3. The van der Waals surface area contributed by atoms with Crippen molar-refractivity contribution >= 4 is 11.6 Å². The first kappa shape index (κ1) is 15.8. The molecule has 1 aliphatic heterocycles. The van der Waals surface area contributed by atoms with E-state index in [1.54, 1.807) is 4.90 Å². The molecular weight excluding hydrogens is 281 g/mol. The van der Waals surface area contributed by atoms with Gasteiger partial charge in [-0.25, -0.2) is 0 Å². The lowest BCUT2D eigenvalue weighted by Crippen LogP contribution is -2.41. The zero-order valence-corrected chi connectivity index (χ0v) is 11.9. The van der Waals surface area contributed by atoms with Gasteiger partial charge in [0.1, 0.15) is 0 Å². The maximum atomic E-state index is 12.6. The minimum atomic E-state index is -4.35. The summed E-state index contributed by atoms with van der Waals surface area (Å²) in [4.78, 5) is 14.1. The molecule has 6 heteroatoms. The second kappa shape index (κ2) is 6.47. The Morgan fingerprint density at radius 1 is 1.24 bits per heavy atom. The fourth-order valence-electron chi connectivity index (χ4n) is 2.59. The number of nitrogens with one attached hydrogen (secondary N) is 1. The van der Waals surface area contributed by atoms with Crippen molar-refractivity contribution in [1.82, 2.24) is 5.32 Å². The van der Waals surface area contributed by atoms with Gasteiger partial charge < -0.3 is 10.2 Å². The molecule has 0 spiro atoms. The first-order valence-corrected chi connectivity index (χ1v) is 7.13. The number of piperidine rings is 1. The Bertz CT molecular complexity index is 479. The lowest BCUT2D eigenvalue weighted by molar-refractivity contribution is -0.137. The lowest BCUT2D eigenvalue weighted by Gasteiger charge is -2.29. The largest absolute Gasteiger partial charge is 0.416 e. The number of carbonyl (C=O) groups is 1. The van der Waals surface area contributed by atoms with Crippen LogP contribution in [0.3, 0.4) is 0 Å². The van der Waals surface area contributed by atoms with Gasteiger partial charge in [-0.2, -0.15) is 13.2 Å². The second-order valence-electron chi connectivity index (χ2n) is 5.15. The predicted molar refractivity (Wildman–Crippen MR) is 75.1 cm³/mol. The molecule has 0 unspecified atom stereocenters. The zero-order chi connectivity index (χ0) is 15.5. The van der Waals surface area contributed by atoms with Crippen LogP contribution in [0.25, 0.3) is 0 Å². The molecule has 0 saturated carbocycles. The molecule has 0 radical (unpaired) electrons. The monoisotopic (exact) mass is 300 g/mol. The van der Waals surface area contributed by atoms with Crippen LogP contribution in [0.5, 0.6) is 0 Å². The number of rotatable bonds is 3. The van der Waals surface area contributed by atoms with Gasteiger partial charge in [-0.05, 0) is 57.1 Å². The topological polar surface area (TPSA) is 32.3 Å². The number of anilines is 1. The Balaban J connectivity index is 2.15. The minimum Gasteiger partial charge on any atom is -0.317 e. The molecule has 0 atom stereocenters. The van der Waals surface area contributed by atoms with Crippen LogP contribution in [0.15, 0.2) is 24.3 Å². The standard InChI is InChI=1S/C15H19F3N2O/c1-2-20(14(21)11-7-9-19-10-8-11)13-5-3-12(4-6-13)15(16,17)18/h3-6,11,19H,2,7-10H2,1H3. The molecule has 3 nitrogen and oxygen atoms in total. The molecule has 1 aromatic rings. The van der Waals surface area contributed by atoms with Crippen LogP contribution in [0.4, 0.5) is 18.9 Å². The highest BCUT2D eigenvalue weighted by Crippen LogP contribution is 2.31. The Morgan fingerprint density at radius 3 is 2.29 bits per heavy atom. The van der Waals surface area contributed by atoms with Crippen LogP contribution in [0, 0.1) is 5.92 Å². The maximum Gasteiger partial charge on any atom is 0.416 e. The average molecular weight is 300 g/mol. The third-order valence-electron chi connectivity index (χ3n) is 3.78. The first-order chi connectivity index (χ1) is 9.93. The maximum absolute atomic E-state index is 12.6. The van der Waals surface area contributed by atoms with Gasteiger partial charge in [0.15, 0.2) is 0 Å². The summed E-state index contributed by atoms with van der Waals surface area (Å²) >= 11 is 0. The quantitative estimate of drug-likeness (QED) is 0.930. The van der Waals surface area contributed by atoms with Crippen molar-refractivity contribution in [3.63, 3.8) is 0 Å². The van der Waals surface area contributed by atoms with Gasteiger partial charge in [-0.3, -0.25) is 4.79 Å². The number of nitrogens with zero attached hydrogens (tertiary/aromatic N) is 1. The molecule has 0 bridgehead atoms. The summed E-state index contributed by atoms with van der Waals surface area (Å²) in [6, 6.07) is 4.78. The van der Waals surface area contributed by atoms with Crippen LogP contribution < -0.4 is 10.2 Å². The van der Waals surface area contributed by atoms with E-state index in [0.717, 1.165) is 38.1 Å². The smallest absolute Gasteiger partial charge is 0.317 e. The van der Waals surface area contributed by atoms with Crippen LogP contribution in [0.1, 0.15) is 25.3 Å². The first-order valence-electron chi connectivity index (χ1n) is 7.13. The van der Waals surface area contributed by atoms with Gasteiger partial charge in [-0.15, -0.1) is 0 Å². The highest BCUT2D eigenvalue weighted by molar-refractivity contribution is 5.95. The molecule has 0 aromatic heterocycles. The molecular formula is C15H19F3N2O. The van der Waals surface area contributed by atoms with Crippen molar-refractivity contribution in [1.29, 1.82) is 0 Å².